The zero-order valence-corrected chi connectivity index (χ0v) is 16.2. The summed E-state index contributed by atoms with van der Waals surface area (Å²) in [5.74, 6) is -0.103. The first-order chi connectivity index (χ1) is 12.8. The van der Waals surface area contributed by atoms with E-state index in [1.165, 1.54) is 17.5 Å². The molecule has 3 N–H and O–H groups in total. The average molecular weight is 391 g/mol. The highest BCUT2D eigenvalue weighted by Gasteiger charge is 2.22. The molecule has 2 aromatic rings. The van der Waals surface area contributed by atoms with Crippen LogP contribution in [0.4, 0.5) is 0 Å². The zero-order chi connectivity index (χ0) is 17.8. The number of ether oxygens (including phenoxy) is 1. The van der Waals surface area contributed by atoms with Gasteiger partial charge in [-0.15, -0.1) is 12.4 Å². The predicted molar refractivity (Wildman–Crippen MR) is 106 cm³/mol. The number of aryl methyl sites for hydroxylation is 1. The minimum absolute atomic E-state index is 0. The number of hydrogen-bond acceptors (Lipinski definition) is 4. The molecule has 1 aromatic carbocycles. The molecule has 1 aliphatic carbocycles. The lowest BCUT2D eigenvalue weighted by molar-refractivity contribution is 0.0393. The van der Waals surface area contributed by atoms with Gasteiger partial charge in [-0.1, -0.05) is 24.3 Å². The van der Waals surface area contributed by atoms with Crippen molar-refractivity contribution >= 4 is 18.3 Å². The summed E-state index contributed by atoms with van der Waals surface area (Å²) in [6, 6.07) is 8.56. The van der Waals surface area contributed by atoms with Crippen LogP contribution in [-0.4, -0.2) is 35.8 Å². The van der Waals surface area contributed by atoms with Gasteiger partial charge in [0.1, 0.15) is 0 Å². The smallest absolute Gasteiger partial charge is 0.272 e. The van der Waals surface area contributed by atoms with Crippen molar-refractivity contribution in [1.82, 2.24) is 20.8 Å². The fourth-order valence-electron chi connectivity index (χ4n) is 3.88. The number of halogens is 1. The van der Waals surface area contributed by atoms with Gasteiger partial charge in [-0.2, -0.15) is 5.10 Å². The van der Waals surface area contributed by atoms with Gasteiger partial charge >= 0.3 is 0 Å². The molecule has 0 fully saturated rings. The third-order valence-corrected chi connectivity index (χ3v) is 5.26. The molecule has 1 unspecified atom stereocenters. The Kier molecular flexibility index (Phi) is 6.88. The van der Waals surface area contributed by atoms with E-state index in [-0.39, 0.29) is 24.4 Å². The Morgan fingerprint density at radius 2 is 2.19 bits per heavy atom. The molecule has 0 radical (unpaired) electrons. The van der Waals surface area contributed by atoms with Crippen LogP contribution in [0.25, 0.3) is 0 Å². The van der Waals surface area contributed by atoms with Gasteiger partial charge in [-0.25, -0.2) is 0 Å². The standard InChI is InChI=1S/C20H26N4O2.ClH/c25-20(19-16-13-21-11-9-17(16)23-24-19)22-10-4-12-26-18-8-3-6-14-5-1-2-7-15(14)18;/h1-2,5,7,18,21H,3-4,6,8-13H2,(H,22,25)(H,23,24);1H. The van der Waals surface area contributed by atoms with Gasteiger partial charge in [0.05, 0.1) is 6.10 Å². The van der Waals surface area contributed by atoms with Crippen LogP contribution in [0.5, 0.6) is 0 Å². The molecule has 1 atom stereocenters. The number of hydrogen-bond donors (Lipinski definition) is 3. The molecule has 2 aliphatic rings. The summed E-state index contributed by atoms with van der Waals surface area (Å²) < 4.78 is 6.09. The average Bonchev–Trinajstić information content (AvgIpc) is 3.12. The number of benzene rings is 1. The Hall–Kier alpha value is -1.89. The summed E-state index contributed by atoms with van der Waals surface area (Å²) in [5, 5.41) is 13.4. The SMILES string of the molecule is Cl.O=C(NCCCOC1CCCc2ccccc21)c1n[nH]c2c1CNCC2. The second-order valence-corrected chi connectivity index (χ2v) is 7.02. The molecule has 0 saturated carbocycles. The third-order valence-electron chi connectivity index (χ3n) is 5.26. The van der Waals surface area contributed by atoms with Crippen molar-refractivity contribution in [3.8, 4) is 0 Å². The van der Waals surface area contributed by atoms with Crippen molar-refractivity contribution in [2.24, 2.45) is 0 Å². The van der Waals surface area contributed by atoms with E-state index < -0.39 is 0 Å². The van der Waals surface area contributed by atoms with Crippen molar-refractivity contribution in [2.75, 3.05) is 19.7 Å². The fourth-order valence-corrected chi connectivity index (χ4v) is 3.88. The van der Waals surface area contributed by atoms with Gasteiger partial charge in [0.25, 0.3) is 5.91 Å². The molecule has 27 heavy (non-hydrogen) atoms. The van der Waals surface area contributed by atoms with Crippen LogP contribution in [0.2, 0.25) is 0 Å². The molecule has 1 aromatic heterocycles. The lowest BCUT2D eigenvalue weighted by Gasteiger charge is -2.25. The molecule has 146 valence electrons. The van der Waals surface area contributed by atoms with Crippen molar-refractivity contribution < 1.29 is 9.53 Å². The number of aromatic amines is 1. The number of H-pyrrole nitrogens is 1. The maximum atomic E-state index is 12.3. The first-order valence-electron chi connectivity index (χ1n) is 9.57. The molecule has 0 spiro atoms. The molecular weight excluding hydrogens is 364 g/mol. The zero-order valence-electron chi connectivity index (χ0n) is 15.4. The molecule has 1 aliphatic heterocycles. The molecule has 1 amide bonds. The normalized spacial score (nSPS) is 18.1. The van der Waals surface area contributed by atoms with Crippen molar-refractivity contribution in [2.45, 2.75) is 44.8 Å². The lowest BCUT2D eigenvalue weighted by atomic mass is 9.89. The third kappa shape index (κ3) is 4.51. The maximum absolute atomic E-state index is 12.3. The van der Waals surface area contributed by atoms with Crippen LogP contribution in [0.1, 0.15) is 58.2 Å². The summed E-state index contributed by atoms with van der Waals surface area (Å²) in [5.41, 5.74) is 5.35. The highest BCUT2D eigenvalue weighted by molar-refractivity contribution is 5.94. The van der Waals surface area contributed by atoms with Crippen LogP contribution >= 0.6 is 12.4 Å². The number of amides is 1. The molecular formula is C20H27ClN4O2. The van der Waals surface area contributed by atoms with Crippen LogP contribution in [-0.2, 0) is 24.1 Å². The topological polar surface area (TPSA) is 79.0 Å². The van der Waals surface area contributed by atoms with E-state index >= 15 is 0 Å². The second kappa shape index (κ2) is 9.35. The summed E-state index contributed by atoms with van der Waals surface area (Å²) in [6.07, 6.45) is 5.29. The Balaban J connectivity index is 0.00000210. The van der Waals surface area contributed by atoms with E-state index in [2.05, 4.69) is 45.1 Å². The van der Waals surface area contributed by atoms with Gasteiger partial charge in [0.15, 0.2) is 5.69 Å². The monoisotopic (exact) mass is 390 g/mol. The first-order valence-corrected chi connectivity index (χ1v) is 9.57. The lowest BCUT2D eigenvalue weighted by Crippen LogP contribution is -2.29. The van der Waals surface area contributed by atoms with E-state index in [9.17, 15) is 4.79 Å². The van der Waals surface area contributed by atoms with Crippen molar-refractivity contribution in [1.29, 1.82) is 0 Å². The molecule has 2 heterocycles. The maximum Gasteiger partial charge on any atom is 0.272 e. The number of rotatable bonds is 6. The minimum atomic E-state index is -0.103. The predicted octanol–water partition coefficient (Wildman–Crippen LogP) is 2.69. The molecule has 7 heteroatoms. The molecule has 0 bridgehead atoms. The Morgan fingerprint density at radius 3 is 3.11 bits per heavy atom. The van der Waals surface area contributed by atoms with Gasteiger partial charge in [-0.3, -0.25) is 9.89 Å². The van der Waals surface area contributed by atoms with E-state index in [0.717, 1.165) is 43.5 Å². The number of nitrogens with zero attached hydrogens (tertiary/aromatic N) is 1. The van der Waals surface area contributed by atoms with E-state index in [1.807, 2.05) is 0 Å². The van der Waals surface area contributed by atoms with Crippen molar-refractivity contribution in [3.05, 3.63) is 52.3 Å². The molecule has 6 nitrogen and oxygen atoms in total. The summed E-state index contributed by atoms with van der Waals surface area (Å²) in [4.78, 5) is 12.3. The molecule has 4 rings (SSSR count). The Bertz CT molecular complexity index is 777. The van der Waals surface area contributed by atoms with Crippen LogP contribution in [0.3, 0.4) is 0 Å². The number of aromatic nitrogens is 2. The van der Waals surface area contributed by atoms with E-state index in [1.54, 1.807) is 0 Å². The summed E-state index contributed by atoms with van der Waals surface area (Å²) in [6.45, 7) is 2.89. The van der Waals surface area contributed by atoms with E-state index in [0.29, 0.717) is 25.4 Å². The largest absolute Gasteiger partial charge is 0.373 e. The number of nitrogens with one attached hydrogen (secondary N) is 3. The molecule has 0 saturated heterocycles. The Morgan fingerprint density at radius 1 is 1.30 bits per heavy atom. The van der Waals surface area contributed by atoms with Gasteiger partial charge < -0.3 is 15.4 Å². The summed E-state index contributed by atoms with van der Waals surface area (Å²) >= 11 is 0. The highest BCUT2D eigenvalue weighted by Crippen LogP contribution is 2.32. The quantitative estimate of drug-likeness (QED) is 0.662. The fraction of sp³-hybridized carbons (Fsp3) is 0.500. The number of fused-ring (bicyclic) bond motifs is 2. The highest BCUT2D eigenvalue weighted by atomic mass is 35.5. The number of carbonyl (C=O) groups is 1. The van der Waals surface area contributed by atoms with Crippen LogP contribution in [0.15, 0.2) is 24.3 Å². The Labute approximate surface area is 165 Å². The first kappa shape index (κ1) is 19.9. The van der Waals surface area contributed by atoms with Crippen LogP contribution in [0, 0.1) is 0 Å². The minimum Gasteiger partial charge on any atom is -0.373 e. The second-order valence-electron chi connectivity index (χ2n) is 7.02. The van der Waals surface area contributed by atoms with Crippen molar-refractivity contribution in [3.63, 3.8) is 0 Å². The van der Waals surface area contributed by atoms with Crippen LogP contribution < -0.4 is 10.6 Å². The van der Waals surface area contributed by atoms with Gasteiger partial charge in [0.2, 0.25) is 0 Å². The van der Waals surface area contributed by atoms with Gasteiger partial charge in [-0.05, 0) is 36.8 Å². The summed E-state index contributed by atoms with van der Waals surface area (Å²) in [7, 11) is 0. The van der Waals surface area contributed by atoms with Gasteiger partial charge in [0, 0.05) is 43.9 Å². The van der Waals surface area contributed by atoms with E-state index in [4.69, 9.17) is 4.74 Å². The number of carbonyl (C=O) groups excluding carboxylic acids is 1.